The lowest BCUT2D eigenvalue weighted by Crippen LogP contribution is -2.50. The third-order valence-corrected chi connectivity index (χ3v) is 4.55. The van der Waals surface area contributed by atoms with Gasteiger partial charge in [0.15, 0.2) is 0 Å². The standard InChI is InChI=1S/C16H19IN2O2/c1-16(2,3)21-15(20)19-8-11(9-19)10-4-5-14-12(6-10)13(17)7-18-14/h4-7,11,18H,8-9H2,1-3H3. The molecule has 1 saturated heterocycles. The number of nitrogens with one attached hydrogen (secondary N) is 1. The predicted octanol–water partition coefficient (Wildman–Crippen LogP) is 4.11. The molecule has 5 heteroatoms. The fraction of sp³-hybridized carbons (Fsp3) is 0.438. The number of fused-ring (bicyclic) bond motifs is 1. The van der Waals surface area contributed by atoms with E-state index in [0.717, 1.165) is 18.6 Å². The zero-order chi connectivity index (χ0) is 15.2. The highest BCUT2D eigenvalue weighted by molar-refractivity contribution is 14.1. The van der Waals surface area contributed by atoms with Crippen LogP contribution in [0.25, 0.3) is 10.9 Å². The zero-order valence-corrected chi connectivity index (χ0v) is 14.6. The van der Waals surface area contributed by atoms with Crippen molar-refractivity contribution in [3.8, 4) is 0 Å². The molecule has 1 aromatic carbocycles. The van der Waals surface area contributed by atoms with Crippen LogP contribution in [-0.4, -0.2) is 34.7 Å². The first-order valence-electron chi connectivity index (χ1n) is 7.08. The summed E-state index contributed by atoms with van der Waals surface area (Å²) in [7, 11) is 0. The summed E-state index contributed by atoms with van der Waals surface area (Å²) in [5.41, 5.74) is 2.02. The van der Waals surface area contributed by atoms with Crippen molar-refractivity contribution >= 4 is 39.6 Å². The summed E-state index contributed by atoms with van der Waals surface area (Å²) >= 11 is 2.34. The summed E-state index contributed by atoms with van der Waals surface area (Å²) < 4.78 is 6.61. The molecule has 112 valence electrons. The highest BCUT2D eigenvalue weighted by Gasteiger charge is 2.34. The van der Waals surface area contributed by atoms with Gasteiger partial charge in [-0.3, -0.25) is 0 Å². The maximum Gasteiger partial charge on any atom is 0.410 e. The van der Waals surface area contributed by atoms with E-state index in [9.17, 15) is 4.79 Å². The van der Waals surface area contributed by atoms with Crippen LogP contribution in [0.2, 0.25) is 0 Å². The molecule has 2 aromatic rings. The van der Waals surface area contributed by atoms with E-state index in [4.69, 9.17) is 4.74 Å². The van der Waals surface area contributed by atoms with E-state index >= 15 is 0 Å². The summed E-state index contributed by atoms with van der Waals surface area (Å²) in [5, 5.41) is 1.25. The molecule has 1 aliphatic rings. The zero-order valence-electron chi connectivity index (χ0n) is 12.4. The van der Waals surface area contributed by atoms with Crippen molar-refractivity contribution in [3.05, 3.63) is 33.5 Å². The number of aromatic nitrogens is 1. The van der Waals surface area contributed by atoms with E-state index in [1.807, 2.05) is 27.0 Å². The lowest BCUT2D eigenvalue weighted by Gasteiger charge is -2.40. The molecule has 0 aliphatic carbocycles. The molecule has 3 rings (SSSR count). The first-order valence-corrected chi connectivity index (χ1v) is 8.16. The van der Waals surface area contributed by atoms with Gasteiger partial charge in [0.2, 0.25) is 0 Å². The number of likely N-dealkylation sites (tertiary alicyclic amines) is 1. The van der Waals surface area contributed by atoms with Crippen LogP contribution in [0.4, 0.5) is 4.79 Å². The normalized spacial score (nSPS) is 16.1. The Morgan fingerprint density at radius 2 is 2.10 bits per heavy atom. The third kappa shape index (κ3) is 3.02. The second-order valence-corrected chi connectivity index (χ2v) is 7.69. The second-order valence-electron chi connectivity index (χ2n) is 6.52. The Balaban J connectivity index is 1.67. The largest absolute Gasteiger partial charge is 0.444 e. The SMILES string of the molecule is CC(C)(C)OC(=O)N1CC(c2ccc3[nH]cc(I)c3c2)C1. The smallest absolute Gasteiger partial charge is 0.410 e. The van der Waals surface area contributed by atoms with Crippen LogP contribution in [0, 0.1) is 3.57 Å². The summed E-state index contributed by atoms with van der Waals surface area (Å²) in [4.78, 5) is 17.0. The van der Waals surface area contributed by atoms with Crippen molar-refractivity contribution < 1.29 is 9.53 Å². The minimum Gasteiger partial charge on any atom is -0.444 e. The van der Waals surface area contributed by atoms with Crippen LogP contribution in [0.1, 0.15) is 32.3 Å². The Hall–Kier alpha value is -1.24. The van der Waals surface area contributed by atoms with Gasteiger partial charge in [-0.15, -0.1) is 0 Å². The van der Waals surface area contributed by atoms with Gasteiger partial charge in [0.25, 0.3) is 0 Å². The molecule has 1 fully saturated rings. The van der Waals surface area contributed by atoms with Gasteiger partial charge in [-0.1, -0.05) is 6.07 Å². The van der Waals surface area contributed by atoms with Crippen LogP contribution in [0.5, 0.6) is 0 Å². The number of H-pyrrole nitrogens is 1. The first kappa shape index (κ1) is 14.7. The van der Waals surface area contributed by atoms with Gasteiger partial charge in [-0.05, 0) is 61.1 Å². The number of rotatable bonds is 1. The van der Waals surface area contributed by atoms with E-state index in [2.05, 4.69) is 45.8 Å². The number of ether oxygens (including phenoxy) is 1. The third-order valence-electron chi connectivity index (χ3n) is 3.66. The molecule has 0 radical (unpaired) electrons. The van der Waals surface area contributed by atoms with Gasteiger partial charge in [-0.25, -0.2) is 4.79 Å². The number of carbonyl (C=O) groups excluding carboxylic acids is 1. The minimum atomic E-state index is -0.428. The van der Waals surface area contributed by atoms with Crippen molar-refractivity contribution in [1.29, 1.82) is 0 Å². The van der Waals surface area contributed by atoms with E-state index in [0.29, 0.717) is 5.92 Å². The highest BCUT2D eigenvalue weighted by atomic mass is 127. The Bertz CT molecular complexity index is 681. The van der Waals surface area contributed by atoms with Crippen molar-refractivity contribution in [2.75, 3.05) is 13.1 Å². The summed E-state index contributed by atoms with van der Waals surface area (Å²) in [6.45, 7) is 7.15. The highest BCUT2D eigenvalue weighted by Crippen LogP contribution is 2.31. The maximum absolute atomic E-state index is 11.9. The predicted molar refractivity (Wildman–Crippen MR) is 91.6 cm³/mol. The molecule has 1 amide bonds. The monoisotopic (exact) mass is 398 g/mol. The molecule has 1 aliphatic heterocycles. The van der Waals surface area contributed by atoms with Gasteiger partial charge in [0.05, 0.1) is 0 Å². The molecule has 0 spiro atoms. The van der Waals surface area contributed by atoms with Crippen molar-refractivity contribution in [2.24, 2.45) is 0 Å². The maximum atomic E-state index is 11.9. The molecule has 21 heavy (non-hydrogen) atoms. The number of hydrogen-bond donors (Lipinski definition) is 1. The quantitative estimate of drug-likeness (QED) is 0.736. The van der Waals surface area contributed by atoms with Gasteiger partial charge >= 0.3 is 6.09 Å². The number of aromatic amines is 1. The second kappa shape index (κ2) is 5.19. The number of hydrogen-bond acceptors (Lipinski definition) is 2. The molecular formula is C16H19IN2O2. The molecule has 0 bridgehead atoms. The fourth-order valence-corrected chi connectivity index (χ4v) is 3.13. The molecule has 0 unspecified atom stereocenters. The number of amides is 1. The molecule has 0 atom stereocenters. The topological polar surface area (TPSA) is 45.3 Å². The number of halogens is 1. The van der Waals surface area contributed by atoms with E-state index in [1.54, 1.807) is 4.90 Å². The van der Waals surface area contributed by atoms with Crippen molar-refractivity contribution in [3.63, 3.8) is 0 Å². The van der Waals surface area contributed by atoms with Gasteiger partial charge in [-0.2, -0.15) is 0 Å². The van der Waals surface area contributed by atoms with Crippen LogP contribution < -0.4 is 0 Å². The Morgan fingerprint density at radius 3 is 2.76 bits per heavy atom. The van der Waals surface area contributed by atoms with Crippen LogP contribution in [0.15, 0.2) is 24.4 Å². The molecule has 2 heterocycles. The van der Waals surface area contributed by atoms with Crippen molar-refractivity contribution in [1.82, 2.24) is 9.88 Å². The van der Waals surface area contributed by atoms with E-state index < -0.39 is 5.60 Å². The molecule has 4 nitrogen and oxygen atoms in total. The number of benzene rings is 1. The fourth-order valence-electron chi connectivity index (χ4n) is 2.52. The summed E-state index contributed by atoms with van der Waals surface area (Å²) in [5.74, 6) is 0.410. The van der Waals surface area contributed by atoms with E-state index in [1.165, 1.54) is 14.5 Å². The Kier molecular flexibility index (Phi) is 3.63. The average Bonchev–Trinajstić information content (AvgIpc) is 2.67. The van der Waals surface area contributed by atoms with Gasteiger partial charge < -0.3 is 14.6 Å². The van der Waals surface area contributed by atoms with Crippen molar-refractivity contribution in [2.45, 2.75) is 32.3 Å². The lowest BCUT2D eigenvalue weighted by atomic mass is 9.91. The molecule has 1 N–H and O–H groups in total. The molecule has 0 saturated carbocycles. The average molecular weight is 398 g/mol. The minimum absolute atomic E-state index is 0.212. The molecular weight excluding hydrogens is 379 g/mol. The van der Waals surface area contributed by atoms with E-state index in [-0.39, 0.29) is 6.09 Å². The van der Waals surface area contributed by atoms with Crippen LogP contribution in [-0.2, 0) is 4.74 Å². The Morgan fingerprint density at radius 1 is 1.38 bits per heavy atom. The lowest BCUT2D eigenvalue weighted by molar-refractivity contribution is 0.00821. The number of nitrogens with zero attached hydrogens (tertiary/aromatic N) is 1. The van der Waals surface area contributed by atoms with Gasteiger partial charge in [0, 0.05) is 39.7 Å². The van der Waals surface area contributed by atoms with Crippen LogP contribution >= 0.6 is 22.6 Å². The van der Waals surface area contributed by atoms with Gasteiger partial charge in [0.1, 0.15) is 5.60 Å². The number of carbonyl (C=O) groups is 1. The van der Waals surface area contributed by atoms with Crippen LogP contribution in [0.3, 0.4) is 0 Å². The summed E-state index contributed by atoms with van der Waals surface area (Å²) in [6.07, 6.45) is 1.80. The molecule has 1 aromatic heterocycles. The Labute approximate surface area is 138 Å². The first-order chi connectivity index (χ1) is 9.83. The summed E-state index contributed by atoms with van der Waals surface area (Å²) in [6, 6.07) is 6.49.